The van der Waals surface area contributed by atoms with Crippen LogP contribution in [0.15, 0.2) is 24.3 Å². The van der Waals surface area contributed by atoms with Gasteiger partial charge in [0, 0.05) is 23.6 Å². The highest BCUT2D eigenvalue weighted by Crippen LogP contribution is 2.12. The molecule has 4 heteroatoms. The van der Waals surface area contributed by atoms with Gasteiger partial charge in [0.2, 0.25) is 5.91 Å². The maximum absolute atomic E-state index is 10.9. The van der Waals surface area contributed by atoms with Crippen molar-refractivity contribution in [2.75, 3.05) is 12.3 Å². The van der Waals surface area contributed by atoms with E-state index in [2.05, 4.69) is 0 Å². The summed E-state index contributed by atoms with van der Waals surface area (Å²) in [7, 11) is 0. The van der Waals surface area contributed by atoms with Gasteiger partial charge in [-0.3, -0.25) is 4.79 Å². The Morgan fingerprint density at radius 1 is 1.43 bits per heavy atom. The molecule has 1 rings (SSSR count). The van der Waals surface area contributed by atoms with Crippen molar-refractivity contribution in [3.63, 3.8) is 0 Å². The minimum Gasteiger partial charge on any atom is -0.366 e. The molecule has 1 aromatic rings. The lowest BCUT2D eigenvalue weighted by atomic mass is 10.1. The van der Waals surface area contributed by atoms with E-state index in [0.717, 1.165) is 17.1 Å². The Labute approximate surface area is 87.9 Å². The van der Waals surface area contributed by atoms with Crippen molar-refractivity contribution in [3.8, 4) is 0 Å². The SMILES string of the molecule is NCCSCc1cccc(C(N)=O)c1. The highest BCUT2D eigenvalue weighted by Gasteiger charge is 2.00. The molecule has 0 fully saturated rings. The summed E-state index contributed by atoms with van der Waals surface area (Å²) in [5.74, 6) is 1.43. The van der Waals surface area contributed by atoms with Crippen LogP contribution >= 0.6 is 11.8 Å². The number of rotatable bonds is 5. The van der Waals surface area contributed by atoms with Gasteiger partial charge in [-0.05, 0) is 17.7 Å². The minimum atomic E-state index is -0.379. The molecule has 0 unspecified atom stereocenters. The molecular formula is C10H14N2OS. The highest BCUT2D eigenvalue weighted by atomic mass is 32.2. The van der Waals surface area contributed by atoms with E-state index in [1.54, 1.807) is 17.8 Å². The maximum Gasteiger partial charge on any atom is 0.248 e. The van der Waals surface area contributed by atoms with Crippen LogP contribution in [-0.4, -0.2) is 18.2 Å². The van der Waals surface area contributed by atoms with Crippen LogP contribution in [0.4, 0.5) is 0 Å². The summed E-state index contributed by atoms with van der Waals surface area (Å²) in [5.41, 5.74) is 12.2. The summed E-state index contributed by atoms with van der Waals surface area (Å²) in [6.45, 7) is 0.681. The first kappa shape index (κ1) is 11.1. The molecule has 0 aromatic heterocycles. The van der Waals surface area contributed by atoms with E-state index in [-0.39, 0.29) is 5.91 Å². The number of nitrogens with two attached hydrogens (primary N) is 2. The van der Waals surface area contributed by atoms with E-state index in [4.69, 9.17) is 11.5 Å². The number of benzene rings is 1. The van der Waals surface area contributed by atoms with Crippen LogP contribution in [0.5, 0.6) is 0 Å². The van der Waals surface area contributed by atoms with Crippen LogP contribution in [0.25, 0.3) is 0 Å². The molecule has 0 aliphatic heterocycles. The second-order valence-electron chi connectivity index (χ2n) is 2.91. The number of carbonyl (C=O) groups is 1. The summed E-state index contributed by atoms with van der Waals surface area (Å²) in [5, 5.41) is 0. The predicted molar refractivity (Wildman–Crippen MR) is 60.2 cm³/mol. The van der Waals surface area contributed by atoms with Gasteiger partial charge >= 0.3 is 0 Å². The highest BCUT2D eigenvalue weighted by molar-refractivity contribution is 7.98. The lowest BCUT2D eigenvalue weighted by Gasteiger charge is -2.02. The molecular weight excluding hydrogens is 196 g/mol. The lowest BCUT2D eigenvalue weighted by Crippen LogP contribution is -2.10. The van der Waals surface area contributed by atoms with Crippen molar-refractivity contribution in [2.24, 2.45) is 11.5 Å². The van der Waals surface area contributed by atoms with Gasteiger partial charge in [0.15, 0.2) is 0 Å². The fraction of sp³-hybridized carbons (Fsp3) is 0.300. The third-order valence-corrected chi connectivity index (χ3v) is 2.80. The topological polar surface area (TPSA) is 69.1 Å². The van der Waals surface area contributed by atoms with Crippen LogP contribution in [0.1, 0.15) is 15.9 Å². The first-order chi connectivity index (χ1) is 6.74. The number of primary amides is 1. The van der Waals surface area contributed by atoms with Gasteiger partial charge < -0.3 is 11.5 Å². The third kappa shape index (κ3) is 3.40. The lowest BCUT2D eigenvalue weighted by molar-refractivity contribution is 0.1000. The Hall–Kier alpha value is -1.00. The average molecular weight is 210 g/mol. The van der Waals surface area contributed by atoms with Gasteiger partial charge in [-0.15, -0.1) is 0 Å². The van der Waals surface area contributed by atoms with Crippen molar-refractivity contribution < 1.29 is 4.79 Å². The third-order valence-electron chi connectivity index (χ3n) is 1.74. The first-order valence-corrected chi connectivity index (χ1v) is 5.56. The monoisotopic (exact) mass is 210 g/mol. The first-order valence-electron chi connectivity index (χ1n) is 4.40. The predicted octanol–water partition coefficient (Wildman–Crippen LogP) is 0.977. The summed E-state index contributed by atoms with van der Waals surface area (Å²) in [4.78, 5) is 10.9. The van der Waals surface area contributed by atoms with Crippen molar-refractivity contribution in [1.82, 2.24) is 0 Å². The van der Waals surface area contributed by atoms with Gasteiger partial charge in [0.1, 0.15) is 0 Å². The zero-order chi connectivity index (χ0) is 10.4. The Morgan fingerprint density at radius 3 is 2.86 bits per heavy atom. The number of amides is 1. The fourth-order valence-electron chi connectivity index (χ4n) is 1.09. The molecule has 0 atom stereocenters. The van der Waals surface area contributed by atoms with Gasteiger partial charge in [0.05, 0.1) is 0 Å². The second-order valence-corrected chi connectivity index (χ2v) is 4.01. The number of thioether (sulfide) groups is 1. The van der Waals surface area contributed by atoms with Crippen molar-refractivity contribution >= 4 is 17.7 Å². The molecule has 3 nitrogen and oxygen atoms in total. The van der Waals surface area contributed by atoms with Crippen LogP contribution in [0.3, 0.4) is 0 Å². The Morgan fingerprint density at radius 2 is 2.21 bits per heavy atom. The van der Waals surface area contributed by atoms with Crippen LogP contribution in [0, 0.1) is 0 Å². The van der Waals surface area contributed by atoms with Crippen LogP contribution in [0.2, 0.25) is 0 Å². The molecule has 1 amide bonds. The molecule has 0 bridgehead atoms. The molecule has 14 heavy (non-hydrogen) atoms. The van der Waals surface area contributed by atoms with E-state index in [9.17, 15) is 4.79 Å². The quantitative estimate of drug-likeness (QED) is 0.712. The van der Waals surface area contributed by atoms with Gasteiger partial charge in [-0.2, -0.15) is 11.8 Å². The van der Waals surface area contributed by atoms with Gasteiger partial charge in [-0.25, -0.2) is 0 Å². The van der Waals surface area contributed by atoms with Gasteiger partial charge in [0.25, 0.3) is 0 Å². The summed E-state index contributed by atoms with van der Waals surface area (Å²) in [6, 6.07) is 7.37. The maximum atomic E-state index is 10.9. The molecule has 0 saturated heterocycles. The number of hydrogen-bond donors (Lipinski definition) is 2. The van der Waals surface area contributed by atoms with Crippen molar-refractivity contribution in [1.29, 1.82) is 0 Å². The van der Waals surface area contributed by atoms with E-state index >= 15 is 0 Å². The summed E-state index contributed by atoms with van der Waals surface area (Å²) < 4.78 is 0. The average Bonchev–Trinajstić information content (AvgIpc) is 2.19. The molecule has 0 heterocycles. The van der Waals surface area contributed by atoms with Crippen molar-refractivity contribution in [2.45, 2.75) is 5.75 Å². The van der Waals surface area contributed by atoms with Crippen molar-refractivity contribution in [3.05, 3.63) is 35.4 Å². The Balaban J connectivity index is 2.59. The summed E-state index contributed by atoms with van der Waals surface area (Å²) in [6.07, 6.45) is 0. The Bertz CT molecular complexity index is 315. The number of carbonyl (C=O) groups excluding carboxylic acids is 1. The normalized spacial score (nSPS) is 10.1. The summed E-state index contributed by atoms with van der Waals surface area (Å²) >= 11 is 1.75. The van der Waals surface area contributed by atoms with E-state index in [1.165, 1.54) is 0 Å². The molecule has 4 N–H and O–H groups in total. The Kier molecular flexibility index (Phi) is 4.49. The molecule has 1 aromatic carbocycles. The zero-order valence-corrected chi connectivity index (χ0v) is 8.72. The van der Waals surface area contributed by atoms with E-state index in [1.807, 2.05) is 18.2 Å². The number of hydrogen-bond acceptors (Lipinski definition) is 3. The molecule has 0 spiro atoms. The molecule has 0 aliphatic rings. The van der Waals surface area contributed by atoms with Crippen LogP contribution in [-0.2, 0) is 5.75 Å². The molecule has 0 saturated carbocycles. The molecule has 0 aliphatic carbocycles. The second kappa shape index (κ2) is 5.67. The molecule has 76 valence electrons. The standard InChI is InChI=1S/C10H14N2OS/c11-4-5-14-7-8-2-1-3-9(6-8)10(12)13/h1-3,6H,4-5,7,11H2,(H2,12,13). The minimum absolute atomic E-state index is 0.379. The fourth-order valence-corrected chi connectivity index (χ4v) is 1.81. The zero-order valence-electron chi connectivity index (χ0n) is 7.90. The molecule has 0 radical (unpaired) electrons. The van der Waals surface area contributed by atoms with E-state index < -0.39 is 0 Å². The van der Waals surface area contributed by atoms with E-state index in [0.29, 0.717) is 12.1 Å². The largest absolute Gasteiger partial charge is 0.366 e. The van der Waals surface area contributed by atoms with Gasteiger partial charge in [-0.1, -0.05) is 12.1 Å². The smallest absolute Gasteiger partial charge is 0.248 e. The van der Waals surface area contributed by atoms with Crippen LogP contribution < -0.4 is 11.5 Å².